The standard InChI is InChI=1S/C47H36O14S4/c1-30-11-16-35(27-46(30)62-61-60-48)64(51,52)36-21-22-45(47(28-36)65(53,54)55)59-44-26-24-42(38-8-4-6-10-40(38)44)57-29-31-12-17-33(18-13-31)63(49,50)34-19-14-32(15-20-34)58-43-25-23-41(56-2)37-7-3-5-9-39(37)43/h3-28,48H,29H2,1-2H3,(H,53,54,55). The fourth-order valence-electron chi connectivity index (χ4n) is 6.93. The maximum absolute atomic E-state index is 13.6. The molecular formula is C47H36O14S4. The molecule has 0 aliphatic rings. The zero-order valence-corrected chi connectivity index (χ0v) is 37.4. The van der Waals surface area contributed by atoms with Crippen LogP contribution in [0.3, 0.4) is 0 Å². The lowest BCUT2D eigenvalue weighted by Crippen LogP contribution is -2.07. The van der Waals surface area contributed by atoms with Crippen molar-refractivity contribution in [3.8, 4) is 34.5 Å². The molecule has 0 aromatic heterocycles. The Morgan fingerprint density at radius 1 is 0.523 bits per heavy atom. The van der Waals surface area contributed by atoms with Gasteiger partial charge in [0.05, 0.1) is 38.7 Å². The fourth-order valence-corrected chi connectivity index (χ4v) is 10.8. The number of methoxy groups -OCH3 is 1. The smallest absolute Gasteiger partial charge is 0.298 e. The largest absolute Gasteiger partial charge is 0.496 e. The molecule has 0 fully saturated rings. The molecule has 0 saturated heterocycles. The van der Waals surface area contributed by atoms with Gasteiger partial charge in [0.15, 0.2) is 0 Å². The lowest BCUT2D eigenvalue weighted by molar-refractivity contribution is -0.432. The first-order valence-electron chi connectivity index (χ1n) is 19.3. The summed E-state index contributed by atoms with van der Waals surface area (Å²) in [6.07, 6.45) is 0. The third kappa shape index (κ3) is 9.51. The van der Waals surface area contributed by atoms with Gasteiger partial charge < -0.3 is 18.9 Å². The summed E-state index contributed by atoms with van der Waals surface area (Å²) in [6, 6.07) is 41.0. The summed E-state index contributed by atoms with van der Waals surface area (Å²) < 4.78 is 118. The van der Waals surface area contributed by atoms with E-state index in [1.54, 1.807) is 74.7 Å². The average molecular weight is 953 g/mol. The van der Waals surface area contributed by atoms with E-state index in [1.807, 2.05) is 30.3 Å². The topological polar surface area (TPSA) is 198 Å². The number of ether oxygens (including phenoxy) is 4. The van der Waals surface area contributed by atoms with Crippen molar-refractivity contribution in [2.24, 2.45) is 0 Å². The molecule has 2 N–H and O–H groups in total. The van der Waals surface area contributed by atoms with Gasteiger partial charge in [-0.15, -0.1) is 4.33 Å². The number of hydrogen-bond donors (Lipinski definition) is 2. The van der Waals surface area contributed by atoms with Crippen molar-refractivity contribution in [2.75, 3.05) is 7.11 Å². The van der Waals surface area contributed by atoms with Gasteiger partial charge >= 0.3 is 0 Å². The highest BCUT2D eigenvalue weighted by Gasteiger charge is 2.26. The monoisotopic (exact) mass is 952 g/mol. The zero-order chi connectivity index (χ0) is 45.9. The summed E-state index contributed by atoms with van der Waals surface area (Å²) in [5.41, 5.74) is 1.27. The van der Waals surface area contributed by atoms with Crippen LogP contribution in [0.5, 0.6) is 34.5 Å². The molecule has 0 aliphatic carbocycles. The molecule has 0 bridgehead atoms. The second-order valence-electron chi connectivity index (χ2n) is 14.3. The molecule has 0 saturated carbocycles. The molecule has 8 rings (SSSR count). The first-order valence-corrected chi connectivity index (χ1v) is 24.4. The first-order chi connectivity index (χ1) is 31.2. The van der Waals surface area contributed by atoms with Crippen molar-refractivity contribution in [2.45, 2.75) is 42.9 Å². The molecule has 8 aromatic carbocycles. The summed E-state index contributed by atoms with van der Waals surface area (Å²) in [5.74, 6) is 2.02. The molecule has 0 aliphatic heterocycles. The number of benzene rings is 8. The zero-order valence-electron chi connectivity index (χ0n) is 34.1. The van der Waals surface area contributed by atoms with Gasteiger partial charge in [-0.3, -0.25) is 4.55 Å². The van der Waals surface area contributed by atoms with Crippen molar-refractivity contribution in [3.63, 3.8) is 0 Å². The molecule has 14 nitrogen and oxygen atoms in total. The molecular weight excluding hydrogens is 917 g/mol. The molecule has 8 aromatic rings. The molecule has 65 heavy (non-hydrogen) atoms. The quantitative estimate of drug-likeness (QED) is 0.0401. The highest BCUT2D eigenvalue weighted by molar-refractivity contribution is 7.94. The van der Waals surface area contributed by atoms with Gasteiger partial charge in [0.1, 0.15) is 46.0 Å². The fraction of sp³-hybridized carbons (Fsp3) is 0.0638. The molecule has 18 heteroatoms. The predicted molar refractivity (Wildman–Crippen MR) is 241 cm³/mol. The Morgan fingerprint density at radius 2 is 1.00 bits per heavy atom. The summed E-state index contributed by atoms with van der Waals surface area (Å²) in [6.45, 7) is 1.73. The second kappa shape index (κ2) is 18.6. The maximum Gasteiger partial charge on any atom is 0.298 e. The first kappa shape index (κ1) is 45.1. The van der Waals surface area contributed by atoms with Gasteiger partial charge in [-0.05, 0) is 109 Å². The summed E-state index contributed by atoms with van der Waals surface area (Å²) in [4.78, 5) is -1.00. The van der Waals surface area contributed by atoms with E-state index in [2.05, 4.69) is 9.37 Å². The van der Waals surface area contributed by atoms with Crippen molar-refractivity contribution < 1.29 is 63.4 Å². The van der Waals surface area contributed by atoms with E-state index in [1.165, 1.54) is 48.5 Å². The lowest BCUT2D eigenvalue weighted by atomic mass is 10.1. The van der Waals surface area contributed by atoms with Crippen LogP contribution in [-0.2, 0) is 45.8 Å². The molecule has 0 radical (unpaired) electrons. The number of rotatable bonds is 16. The Balaban J connectivity index is 0.972. The summed E-state index contributed by atoms with van der Waals surface area (Å²) >= 11 is 0.562. The van der Waals surface area contributed by atoms with Crippen LogP contribution in [0.2, 0.25) is 0 Å². The van der Waals surface area contributed by atoms with E-state index in [0.29, 0.717) is 61.8 Å². The normalized spacial score (nSPS) is 12.0. The number of aryl methyl sites for hydroxylation is 1. The minimum atomic E-state index is -5.02. The van der Waals surface area contributed by atoms with Crippen LogP contribution in [0.25, 0.3) is 21.5 Å². The van der Waals surface area contributed by atoms with Gasteiger partial charge in [0.2, 0.25) is 19.7 Å². The minimum absolute atomic E-state index is 0.0584. The van der Waals surface area contributed by atoms with E-state index in [-0.39, 0.29) is 32.8 Å². The van der Waals surface area contributed by atoms with Crippen LogP contribution in [0.4, 0.5) is 0 Å². The van der Waals surface area contributed by atoms with Gasteiger partial charge in [-0.25, -0.2) is 22.1 Å². The Kier molecular flexibility index (Phi) is 12.9. The molecule has 332 valence electrons. The molecule has 0 atom stereocenters. The molecule has 0 amide bonds. The number of hydrogen-bond acceptors (Lipinski definition) is 14. The number of sulfone groups is 2. The maximum atomic E-state index is 13.6. The van der Waals surface area contributed by atoms with Crippen molar-refractivity contribution in [3.05, 3.63) is 169 Å². The number of fused-ring (bicyclic) bond motifs is 2. The lowest BCUT2D eigenvalue weighted by Gasteiger charge is -2.16. The molecule has 0 spiro atoms. The van der Waals surface area contributed by atoms with Crippen LogP contribution in [-0.4, -0.2) is 42.2 Å². The van der Waals surface area contributed by atoms with Crippen LogP contribution < -0.4 is 18.9 Å². The van der Waals surface area contributed by atoms with E-state index in [0.717, 1.165) is 29.0 Å². The Labute approximate surface area is 378 Å². The minimum Gasteiger partial charge on any atom is -0.496 e. The Morgan fingerprint density at radius 3 is 1.60 bits per heavy atom. The summed E-state index contributed by atoms with van der Waals surface area (Å²) in [7, 11) is -11.6. The third-order valence-electron chi connectivity index (χ3n) is 10.2. The third-order valence-corrected chi connectivity index (χ3v) is 15.4. The van der Waals surface area contributed by atoms with Crippen LogP contribution in [0, 0.1) is 6.92 Å². The SMILES string of the molecule is COc1ccc(Oc2ccc(S(=O)(=O)c3ccc(COc4ccc(Oc5ccc(S(=O)(=O)c6ccc(C)c(SOOO)c6)cc5S(=O)(=O)O)c5ccccc45)cc3)cc2)c2ccccc12. The predicted octanol–water partition coefficient (Wildman–Crippen LogP) is 10.8. The Bertz CT molecular complexity index is 3410. The van der Waals surface area contributed by atoms with E-state index < -0.39 is 39.6 Å². The van der Waals surface area contributed by atoms with Gasteiger partial charge in [-0.1, -0.05) is 71.8 Å². The summed E-state index contributed by atoms with van der Waals surface area (Å²) in [5, 5.41) is 15.0. The van der Waals surface area contributed by atoms with E-state index in [4.69, 9.17) is 24.2 Å². The van der Waals surface area contributed by atoms with Gasteiger partial charge in [-0.2, -0.15) is 8.42 Å². The molecule has 0 unspecified atom stereocenters. The van der Waals surface area contributed by atoms with Gasteiger partial charge in [0, 0.05) is 26.4 Å². The second-order valence-corrected chi connectivity index (χ2v) is 20.3. The van der Waals surface area contributed by atoms with Crippen LogP contribution in [0.15, 0.2) is 187 Å². The highest BCUT2D eigenvalue weighted by Crippen LogP contribution is 2.40. The molecule has 0 heterocycles. The Hall–Kier alpha value is -6.48. The van der Waals surface area contributed by atoms with Crippen molar-refractivity contribution in [1.29, 1.82) is 0 Å². The van der Waals surface area contributed by atoms with Crippen LogP contribution >= 0.6 is 12.0 Å². The van der Waals surface area contributed by atoms with Gasteiger partial charge in [0.25, 0.3) is 10.1 Å². The van der Waals surface area contributed by atoms with E-state index >= 15 is 0 Å². The van der Waals surface area contributed by atoms with Crippen molar-refractivity contribution >= 4 is 63.4 Å². The van der Waals surface area contributed by atoms with Crippen LogP contribution in [0.1, 0.15) is 11.1 Å². The van der Waals surface area contributed by atoms with E-state index in [9.17, 15) is 29.8 Å². The average Bonchev–Trinajstić information content (AvgIpc) is 3.31. The van der Waals surface area contributed by atoms with Crippen molar-refractivity contribution in [1.82, 2.24) is 0 Å². The highest BCUT2D eigenvalue weighted by atomic mass is 32.2.